The van der Waals surface area contributed by atoms with E-state index in [9.17, 15) is 4.79 Å². The van der Waals surface area contributed by atoms with Crippen molar-refractivity contribution in [2.75, 3.05) is 17.3 Å². The number of carbonyl (C=O) groups excluding carboxylic acids is 1. The normalized spacial score (nSPS) is 9.75. The van der Waals surface area contributed by atoms with E-state index >= 15 is 0 Å². The Morgan fingerprint density at radius 3 is 2.67 bits per heavy atom. The van der Waals surface area contributed by atoms with Crippen LogP contribution in [0.4, 0.5) is 11.4 Å². The van der Waals surface area contributed by atoms with Crippen LogP contribution in [0.1, 0.15) is 10.4 Å². The first kappa shape index (κ1) is 8.87. The number of hydrogen-bond donors (Lipinski definition) is 2. The predicted molar refractivity (Wildman–Crippen MR) is 50.3 cm³/mol. The summed E-state index contributed by atoms with van der Waals surface area (Å²) < 4.78 is 0. The van der Waals surface area contributed by atoms with E-state index in [-0.39, 0.29) is 11.7 Å². The van der Waals surface area contributed by atoms with Crippen LogP contribution in [-0.4, -0.2) is 11.7 Å². The van der Waals surface area contributed by atoms with E-state index in [1.54, 1.807) is 12.1 Å². The Morgan fingerprint density at radius 1 is 1.42 bits per heavy atom. The quantitative estimate of drug-likeness (QED) is 0.413. The molecular formula is C8H9ClN2O. The molecule has 4 N–H and O–H groups in total. The number of hydrogen-bond acceptors (Lipinski definition) is 3. The molecule has 0 unspecified atom stereocenters. The minimum absolute atomic E-state index is 0.0757. The highest BCUT2D eigenvalue weighted by atomic mass is 35.5. The topological polar surface area (TPSA) is 69.1 Å². The molecule has 0 aliphatic carbocycles. The molecule has 0 heterocycles. The molecule has 0 bridgehead atoms. The number of alkyl halides is 1. The van der Waals surface area contributed by atoms with Crippen LogP contribution in [0.5, 0.6) is 0 Å². The Bertz CT molecular complexity index is 312. The van der Waals surface area contributed by atoms with Crippen LogP contribution in [0.2, 0.25) is 0 Å². The molecule has 3 nitrogen and oxygen atoms in total. The number of rotatable bonds is 2. The van der Waals surface area contributed by atoms with Crippen molar-refractivity contribution in [1.82, 2.24) is 0 Å². The molecular weight excluding hydrogens is 176 g/mol. The number of nitrogens with two attached hydrogens (primary N) is 2. The van der Waals surface area contributed by atoms with Crippen LogP contribution < -0.4 is 11.5 Å². The van der Waals surface area contributed by atoms with Gasteiger partial charge in [-0.2, -0.15) is 0 Å². The molecule has 0 atom stereocenters. The van der Waals surface area contributed by atoms with E-state index in [2.05, 4.69) is 0 Å². The lowest BCUT2D eigenvalue weighted by Gasteiger charge is -2.02. The Morgan fingerprint density at radius 2 is 2.08 bits per heavy atom. The molecule has 0 spiro atoms. The molecule has 0 aliphatic rings. The van der Waals surface area contributed by atoms with Gasteiger partial charge in [0.1, 0.15) is 0 Å². The van der Waals surface area contributed by atoms with Crippen LogP contribution >= 0.6 is 11.6 Å². The van der Waals surface area contributed by atoms with Crippen molar-refractivity contribution < 1.29 is 4.79 Å². The average Bonchev–Trinajstić information content (AvgIpc) is 2.08. The van der Waals surface area contributed by atoms with E-state index in [0.29, 0.717) is 16.9 Å². The smallest absolute Gasteiger partial charge is 0.179 e. The van der Waals surface area contributed by atoms with Gasteiger partial charge >= 0.3 is 0 Å². The average molecular weight is 185 g/mol. The highest BCUT2D eigenvalue weighted by Crippen LogP contribution is 2.16. The zero-order chi connectivity index (χ0) is 9.14. The number of Topliss-reactive ketones (excluding diaryl/α,β-unsaturated/α-hetero) is 1. The van der Waals surface area contributed by atoms with E-state index in [1.807, 2.05) is 0 Å². The lowest BCUT2D eigenvalue weighted by Crippen LogP contribution is -2.05. The lowest BCUT2D eigenvalue weighted by molar-refractivity contribution is 0.102. The third-order valence-corrected chi connectivity index (χ3v) is 1.74. The number of benzene rings is 1. The lowest BCUT2D eigenvalue weighted by atomic mass is 10.1. The molecule has 1 rings (SSSR count). The largest absolute Gasteiger partial charge is 0.399 e. The van der Waals surface area contributed by atoms with Gasteiger partial charge in [-0.1, -0.05) is 0 Å². The van der Waals surface area contributed by atoms with Gasteiger partial charge in [0.15, 0.2) is 5.78 Å². The van der Waals surface area contributed by atoms with Crippen molar-refractivity contribution >= 4 is 28.8 Å². The fourth-order valence-electron chi connectivity index (χ4n) is 0.887. The standard InChI is InChI=1S/C8H9ClN2O/c9-4-8(12)6-3-5(10)1-2-7(6)11/h1-3H,4,10-11H2. The van der Waals surface area contributed by atoms with Gasteiger partial charge in [0, 0.05) is 16.9 Å². The second-order valence-electron chi connectivity index (χ2n) is 2.40. The number of nitrogen functional groups attached to an aromatic ring is 2. The number of carbonyl (C=O) groups is 1. The SMILES string of the molecule is Nc1ccc(N)c(C(=O)CCl)c1. The Kier molecular flexibility index (Phi) is 2.55. The molecule has 1 aromatic carbocycles. The van der Waals surface area contributed by atoms with Crippen molar-refractivity contribution in [3.63, 3.8) is 0 Å². The fraction of sp³-hybridized carbons (Fsp3) is 0.125. The first-order valence-electron chi connectivity index (χ1n) is 3.39. The van der Waals surface area contributed by atoms with Crippen molar-refractivity contribution in [2.45, 2.75) is 0 Å². The molecule has 4 heteroatoms. The summed E-state index contributed by atoms with van der Waals surface area (Å²) in [6, 6.07) is 4.76. The van der Waals surface area contributed by atoms with Gasteiger partial charge in [0.05, 0.1) is 5.88 Å². The molecule has 64 valence electrons. The molecule has 12 heavy (non-hydrogen) atoms. The predicted octanol–water partition coefficient (Wildman–Crippen LogP) is 1.27. The zero-order valence-corrected chi connectivity index (χ0v) is 7.14. The monoisotopic (exact) mass is 184 g/mol. The first-order valence-corrected chi connectivity index (χ1v) is 3.92. The van der Waals surface area contributed by atoms with Crippen LogP contribution in [0.3, 0.4) is 0 Å². The van der Waals surface area contributed by atoms with Gasteiger partial charge in [-0.25, -0.2) is 0 Å². The number of ketones is 1. The van der Waals surface area contributed by atoms with E-state index in [4.69, 9.17) is 23.1 Å². The second kappa shape index (κ2) is 3.45. The van der Waals surface area contributed by atoms with Crippen LogP contribution in [0.25, 0.3) is 0 Å². The van der Waals surface area contributed by atoms with Crippen LogP contribution in [0.15, 0.2) is 18.2 Å². The Hall–Kier alpha value is -1.22. The Balaban J connectivity index is 3.13. The summed E-state index contributed by atoms with van der Waals surface area (Å²) in [5.41, 5.74) is 12.3. The number of anilines is 2. The zero-order valence-electron chi connectivity index (χ0n) is 6.38. The maximum absolute atomic E-state index is 11.1. The molecule has 0 fully saturated rings. The second-order valence-corrected chi connectivity index (χ2v) is 2.67. The van der Waals surface area contributed by atoms with E-state index in [1.165, 1.54) is 6.07 Å². The van der Waals surface area contributed by atoms with Gasteiger partial charge in [0.2, 0.25) is 0 Å². The van der Waals surface area contributed by atoms with Crippen molar-refractivity contribution in [3.05, 3.63) is 23.8 Å². The maximum Gasteiger partial charge on any atom is 0.179 e. The maximum atomic E-state index is 11.1. The third-order valence-electron chi connectivity index (χ3n) is 1.50. The number of halogens is 1. The van der Waals surface area contributed by atoms with E-state index < -0.39 is 0 Å². The van der Waals surface area contributed by atoms with Gasteiger partial charge < -0.3 is 11.5 Å². The summed E-state index contributed by atoms with van der Waals surface area (Å²) in [7, 11) is 0. The highest BCUT2D eigenvalue weighted by Gasteiger charge is 2.07. The molecule has 0 amide bonds. The van der Waals surface area contributed by atoms with Crippen molar-refractivity contribution in [2.24, 2.45) is 0 Å². The summed E-state index contributed by atoms with van der Waals surface area (Å²) in [4.78, 5) is 11.1. The molecule has 0 aromatic heterocycles. The summed E-state index contributed by atoms with van der Waals surface area (Å²) >= 11 is 5.36. The Labute approximate surface area is 75.3 Å². The summed E-state index contributed by atoms with van der Waals surface area (Å²) in [5, 5.41) is 0. The molecule has 1 aromatic rings. The van der Waals surface area contributed by atoms with Gasteiger partial charge in [0.25, 0.3) is 0 Å². The van der Waals surface area contributed by atoms with Gasteiger partial charge in [-0.15, -0.1) is 11.6 Å². The van der Waals surface area contributed by atoms with Crippen LogP contribution in [0, 0.1) is 0 Å². The van der Waals surface area contributed by atoms with Crippen LogP contribution in [-0.2, 0) is 0 Å². The summed E-state index contributed by atoms with van der Waals surface area (Å²) in [6.07, 6.45) is 0. The van der Waals surface area contributed by atoms with E-state index in [0.717, 1.165) is 0 Å². The molecule has 0 radical (unpaired) electrons. The van der Waals surface area contributed by atoms with Crippen molar-refractivity contribution in [1.29, 1.82) is 0 Å². The van der Waals surface area contributed by atoms with Crippen molar-refractivity contribution in [3.8, 4) is 0 Å². The highest BCUT2D eigenvalue weighted by molar-refractivity contribution is 6.31. The minimum atomic E-state index is -0.207. The molecule has 0 aliphatic heterocycles. The summed E-state index contributed by atoms with van der Waals surface area (Å²) in [5.74, 6) is -0.283. The molecule has 0 saturated heterocycles. The summed E-state index contributed by atoms with van der Waals surface area (Å²) in [6.45, 7) is 0. The van der Waals surface area contributed by atoms with Gasteiger partial charge in [-0.05, 0) is 18.2 Å². The fourth-order valence-corrected chi connectivity index (χ4v) is 1.03. The third kappa shape index (κ3) is 1.68. The first-order chi connectivity index (χ1) is 5.65. The molecule has 0 saturated carbocycles. The minimum Gasteiger partial charge on any atom is -0.399 e. The van der Waals surface area contributed by atoms with Gasteiger partial charge in [-0.3, -0.25) is 4.79 Å².